The highest BCUT2D eigenvalue weighted by atomic mass is 19.1. The van der Waals surface area contributed by atoms with Crippen LogP contribution >= 0.6 is 0 Å². The molecule has 1 N–H and O–H groups in total. The first-order chi connectivity index (χ1) is 11.1. The predicted octanol–water partition coefficient (Wildman–Crippen LogP) is 3.65. The first-order valence-electron chi connectivity index (χ1n) is 7.84. The average Bonchev–Trinajstić information content (AvgIpc) is 2.54. The predicted molar refractivity (Wildman–Crippen MR) is 89.0 cm³/mol. The first kappa shape index (κ1) is 17.0. The fourth-order valence-corrected chi connectivity index (χ4v) is 2.21. The molecule has 23 heavy (non-hydrogen) atoms. The number of carbonyl (C=O) groups is 1. The second-order valence-electron chi connectivity index (χ2n) is 5.49. The van der Waals surface area contributed by atoms with Gasteiger partial charge in [0.1, 0.15) is 11.6 Å². The fraction of sp³-hybridized carbons (Fsp3) is 0.316. The molecule has 0 aromatic heterocycles. The molecule has 0 atom stereocenters. The Bertz CT molecular complexity index is 626. The first-order valence-corrected chi connectivity index (χ1v) is 7.84. The van der Waals surface area contributed by atoms with Gasteiger partial charge < -0.3 is 10.1 Å². The van der Waals surface area contributed by atoms with E-state index in [-0.39, 0.29) is 11.7 Å². The Hall–Kier alpha value is -2.36. The number of nitrogens with one attached hydrogen (secondary N) is 1. The van der Waals surface area contributed by atoms with Gasteiger partial charge in [0.2, 0.25) is 5.91 Å². The summed E-state index contributed by atoms with van der Waals surface area (Å²) in [6.07, 6.45) is 1.82. The monoisotopic (exact) mass is 315 g/mol. The molecule has 0 fully saturated rings. The summed E-state index contributed by atoms with van der Waals surface area (Å²) in [6, 6.07) is 14.2. The third-order valence-corrected chi connectivity index (χ3v) is 3.46. The number of aryl methyl sites for hydroxylation is 1. The molecule has 122 valence electrons. The summed E-state index contributed by atoms with van der Waals surface area (Å²) in [5.74, 6) is 0.605. The zero-order chi connectivity index (χ0) is 16.5. The molecule has 0 aliphatic carbocycles. The molecule has 4 heteroatoms. The molecule has 0 heterocycles. The summed E-state index contributed by atoms with van der Waals surface area (Å²) in [7, 11) is 0. The van der Waals surface area contributed by atoms with Crippen molar-refractivity contribution in [3.63, 3.8) is 0 Å². The highest BCUT2D eigenvalue weighted by Gasteiger charge is 2.02. The van der Waals surface area contributed by atoms with Crippen LogP contribution in [0.25, 0.3) is 0 Å². The third kappa shape index (κ3) is 6.51. The summed E-state index contributed by atoms with van der Waals surface area (Å²) in [5.41, 5.74) is 2.16. The topological polar surface area (TPSA) is 38.3 Å². The van der Waals surface area contributed by atoms with Gasteiger partial charge >= 0.3 is 0 Å². The van der Waals surface area contributed by atoms with Crippen molar-refractivity contribution < 1.29 is 13.9 Å². The molecule has 2 aromatic rings. The molecule has 0 saturated heterocycles. The average molecular weight is 315 g/mol. The smallest absolute Gasteiger partial charge is 0.220 e. The lowest BCUT2D eigenvalue weighted by Crippen LogP contribution is -2.25. The van der Waals surface area contributed by atoms with Gasteiger partial charge in [0, 0.05) is 13.0 Å². The quantitative estimate of drug-likeness (QED) is 0.755. The van der Waals surface area contributed by atoms with Crippen molar-refractivity contribution in [3.05, 3.63) is 65.5 Å². The van der Waals surface area contributed by atoms with Gasteiger partial charge in [0.05, 0.1) is 6.61 Å². The van der Waals surface area contributed by atoms with Crippen molar-refractivity contribution in [2.24, 2.45) is 0 Å². The van der Waals surface area contributed by atoms with E-state index in [4.69, 9.17) is 4.74 Å². The van der Waals surface area contributed by atoms with E-state index in [1.807, 2.05) is 31.2 Å². The number of hydrogen-bond acceptors (Lipinski definition) is 2. The maximum Gasteiger partial charge on any atom is 0.220 e. The van der Waals surface area contributed by atoms with Crippen molar-refractivity contribution >= 4 is 5.91 Å². The Kier molecular flexibility index (Phi) is 6.60. The molecule has 2 aromatic carbocycles. The molecule has 0 saturated carbocycles. The van der Waals surface area contributed by atoms with Gasteiger partial charge in [-0.1, -0.05) is 24.3 Å². The number of rotatable bonds is 8. The minimum absolute atomic E-state index is 0.0138. The number of hydrogen-bond donors (Lipinski definition) is 1. The molecule has 2 rings (SSSR count). The van der Waals surface area contributed by atoms with E-state index >= 15 is 0 Å². The molecule has 0 bridgehead atoms. The van der Waals surface area contributed by atoms with Crippen LogP contribution in [0.1, 0.15) is 24.0 Å². The molecule has 0 aliphatic rings. The zero-order valence-electron chi connectivity index (χ0n) is 13.3. The van der Waals surface area contributed by atoms with Crippen molar-refractivity contribution in [2.45, 2.75) is 26.2 Å². The maximum absolute atomic E-state index is 12.8. The van der Waals surface area contributed by atoms with Crippen LogP contribution in [0, 0.1) is 12.7 Å². The van der Waals surface area contributed by atoms with E-state index in [1.54, 1.807) is 12.1 Å². The van der Waals surface area contributed by atoms with Crippen LogP contribution in [0.5, 0.6) is 5.75 Å². The van der Waals surface area contributed by atoms with Crippen molar-refractivity contribution in [1.82, 2.24) is 5.32 Å². The van der Waals surface area contributed by atoms with Crippen LogP contribution in [0.15, 0.2) is 48.5 Å². The highest BCUT2D eigenvalue weighted by Crippen LogP contribution is 2.12. The number of halogens is 1. The van der Waals surface area contributed by atoms with Crippen LogP contribution in [-0.4, -0.2) is 19.1 Å². The number of ether oxygens (including phenoxy) is 1. The molecule has 0 unspecified atom stereocenters. The van der Waals surface area contributed by atoms with E-state index in [9.17, 15) is 9.18 Å². The summed E-state index contributed by atoms with van der Waals surface area (Å²) in [5, 5.41) is 2.87. The minimum atomic E-state index is -0.244. The maximum atomic E-state index is 12.8. The van der Waals surface area contributed by atoms with Gasteiger partial charge in [-0.15, -0.1) is 0 Å². The fourth-order valence-electron chi connectivity index (χ4n) is 2.21. The molecular formula is C19H22FNO2. The summed E-state index contributed by atoms with van der Waals surface area (Å²) in [6.45, 7) is 3.10. The van der Waals surface area contributed by atoms with Crippen LogP contribution in [0.2, 0.25) is 0 Å². The summed E-state index contributed by atoms with van der Waals surface area (Å²) in [4.78, 5) is 11.7. The lowest BCUT2D eigenvalue weighted by Gasteiger charge is -2.08. The molecule has 1 amide bonds. The van der Waals surface area contributed by atoms with Gasteiger partial charge in [-0.05, 0) is 55.2 Å². The van der Waals surface area contributed by atoms with E-state index in [2.05, 4.69) is 5.32 Å². The van der Waals surface area contributed by atoms with E-state index in [0.717, 1.165) is 16.9 Å². The number of carbonyl (C=O) groups excluding carboxylic acids is 1. The largest absolute Gasteiger partial charge is 0.494 e. The summed E-state index contributed by atoms with van der Waals surface area (Å²) >= 11 is 0. The highest BCUT2D eigenvalue weighted by molar-refractivity contribution is 5.75. The normalized spacial score (nSPS) is 10.3. The van der Waals surface area contributed by atoms with Crippen LogP contribution < -0.4 is 10.1 Å². The lowest BCUT2D eigenvalue weighted by molar-refractivity contribution is -0.121. The van der Waals surface area contributed by atoms with Crippen molar-refractivity contribution in [3.8, 4) is 5.75 Å². The van der Waals surface area contributed by atoms with Crippen molar-refractivity contribution in [1.29, 1.82) is 0 Å². The van der Waals surface area contributed by atoms with Gasteiger partial charge in [-0.25, -0.2) is 4.39 Å². The standard InChI is InChI=1S/C19H22FNO2/c1-15-4-2-5-18(14-15)23-13-3-6-19(22)21-12-11-16-7-9-17(20)10-8-16/h2,4-5,7-10,14H,3,6,11-13H2,1H3,(H,21,22). The number of amides is 1. The molecule has 0 spiro atoms. The van der Waals surface area contributed by atoms with Gasteiger partial charge in [-0.2, -0.15) is 0 Å². The zero-order valence-corrected chi connectivity index (χ0v) is 13.3. The van der Waals surface area contributed by atoms with Crippen LogP contribution in [-0.2, 0) is 11.2 Å². The Morgan fingerprint density at radius 2 is 1.96 bits per heavy atom. The second kappa shape index (κ2) is 8.93. The Labute approximate surface area is 136 Å². The SMILES string of the molecule is Cc1cccc(OCCCC(=O)NCCc2ccc(F)cc2)c1. The van der Waals surface area contributed by atoms with Crippen molar-refractivity contribution in [2.75, 3.05) is 13.2 Å². The summed E-state index contributed by atoms with van der Waals surface area (Å²) < 4.78 is 18.4. The van der Waals surface area contributed by atoms with Crippen LogP contribution in [0.4, 0.5) is 4.39 Å². The molecule has 0 aliphatic heterocycles. The Morgan fingerprint density at radius 3 is 2.70 bits per heavy atom. The van der Waals surface area contributed by atoms with E-state index < -0.39 is 0 Å². The molecular weight excluding hydrogens is 293 g/mol. The minimum Gasteiger partial charge on any atom is -0.494 e. The van der Waals surface area contributed by atoms with E-state index in [0.29, 0.717) is 32.4 Å². The van der Waals surface area contributed by atoms with Gasteiger partial charge in [0.25, 0.3) is 0 Å². The number of benzene rings is 2. The van der Waals surface area contributed by atoms with Crippen LogP contribution in [0.3, 0.4) is 0 Å². The Balaban J connectivity index is 1.57. The molecule has 0 radical (unpaired) electrons. The van der Waals surface area contributed by atoms with E-state index in [1.165, 1.54) is 12.1 Å². The van der Waals surface area contributed by atoms with Gasteiger partial charge in [-0.3, -0.25) is 4.79 Å². The van der Waals surface area contributed by atoms with Gasteiger partial charge in [0.15, 0.2) is 0 Å². The lowest BCUT2D eigenvalue weighted by atomic mass is 10.1. The Morgan fingerprint density at radius 1 is 1.17 bits per heavy atom. The second-order valence-corrected chi connectivity index (χ2v) is 5.49. The third-order valence-electron chi connectivity index (χ3n) is 3.46. The molecule has 3 nitrogen and oxygen atoms in total.